The molecule has 0 bridgehead atoms. The molecule has 4 nitrogen and oxygen atoms in total. The van der Waals surface area contributed by atoms with Crippen LogP contribution in [-0.4, -0.2) is 16.1 Å². The number of anilines is 6. The molecule has 2 aromatic heterocycles. The molecule has 0 saturated carbocycles. The molecule has 0 radical (unpaired) electrons. The summed E-state index contributed by atoms with van der Waals surface area (Å²) in [5.41, 5.74) is 20.1. The van der Waals surface area contributed by atoms with Crippen LogP contribution in [0.2, 0.25) is 26.2 Å². The quantitative estimate of drug-likeness (QED) is 0.142. The van der Waals surface area contributed by atoms with Crippen molar-refractivity contribution in [1.29, 1.82) is 0 Å². The molecule has 0 aliphatic carbocycles. The monoisotopic (exact) mass is 1010 g/mol. The van der Waals surface area contributed by atoms with Crippen LogP contribution in [0.15, 0.2) is 251 Å². The summed E-state index contributed by atoms with van der Waals surface area (Å²) in [5.74, 6) is 0. The predicted octanol–water partition coefficient (Wildman–Crippen LogP) is 17.4. The summed E-state index contributed by atoms with van der Waals surface area (Å²) >= 11 is 0. The van der Waals surface area contributed by atoms with Crippen LogP contribution >= 0.6 is 0 Å². The molecule has 0 unspecified atom stereocenters. The second-order valence-electron chi connectivity index (χ2n) is 21.5. The van der Waals surface area contributed by atoms with Gasteiger partial charge >= 0.3 is 0 Å². The van der Waals surface area contributed by atoms with E-state index in [1.165, 1.54) is 54.7 Å². The highest BCUT2D eigenvalue weighted by Gasteiger charge is 2.50. The molecule has 2 aliphatic rings. The van der Waals surface area contributed by atoms with Gasteiger partial charge in [0.25, 0.3) is 0 Å². The number of para-hydroxylation sites is 6. The first kappa shape index (κ1) is 44.5. The molecule has 0 atom stereocenters. The van der Waals surface area contributed by atoms with Crippen molar-refractivity contribution < 1.29 is 8.83 Å². The fourth-order valence-electron chi connectivity index (χ4n) is 13.3. The lowest BCUT2D eigenvalue weighted by atomic mass is 9.94. The Labute approximate surface area is 444 Å². The Morgan fingerprint density at radius 1 is 0.316 bits per heavy atom. The fraction of sp³-hybridized carbons (Fsp3) is 0.0571. The minimum Gasteiger partial charge on any atom is -0.455 e. The first-order chi connectivity index (χ1) is 37.3. The third-order valence-corrected chi connectivity index (χ3v) is 23.8. The highest BCUT2D eigenvalue weighted by molar-refractivity contribution is 7.13. The van der Waals surface area contributed by atoms with E-state index in [-0.39, 0.29) is 0 Å². The van der Waals surface area contributed by atoms with E-state index in [0.717, 1.165) is 78.2 Å². The molecule has 0 N–H and O–H groups in total. The number of hydrogen-bond acceptors (Lipinski definition) is 4. The molecule has 362 valence electrons. The summed E-state index contributed by atoms with van der Waals surface area (Å²) in [5, 5.41) is 10.5. The predicted molar refractivity (Wildman–Crippen MR) is 326 cm³/mol. The van der Waals surface area contributed by atoms with Crippen molar-refractivity contribution in [3.05, 3.63) is 243 Å². The van der Waals surface area contributed by atoms with Gasteiger partial charge in [0, 0.05) is 44.2 Å². The zero-order valence-electron chi connectivity index (χ0n) is 42.8. The van der Waals surface area contributed by atoms with E-state index >= 15 is 0 Å². The summed E-state index contributed by atoms with van der Waals surface area (Å²) in [7, 11) is -5.13. The average Bonchev–Trinajstić information content (AvgIpc) is 4.28. The van der Waals surface area contributed by atoms with Crippen molar-refractivity contribution in [1.82, 2.24) is 0 Å². The van der Waals surface area contributed by atoms with Gasteiger partial charge in [-0.15, -0.1) is 0 Å². The summed E-state index contributed by atoms with van der Waals surface area (Å²) in [6.45, 7) is 10.4. The zero-order valence-corrected chi connectivity index (χ0v) is 44.8. The lowest BCUT2D eigenvalue weighted by Gasteiger charge is -2.31. The summed E-state index contributed by atoms with van der Waals surface area (Å²) in [6.07, 6.45) is 0. The maximum atomic E-state index is 7.31. The van der Waals surface area contributed by atoms with E-state index in [1.807, 2.05) is 0 Å². The van der Waals surface area contributed by atoms with E-state index in [4.69, 9.17) is 8.83 Å². The minimum atomic E-state index is -2.57. The molecule has 4 heterocycles. The van der Waals surface area contributed by atoms with Gasteiger partial charge in [-0.25, -0.2) is 0 Å². The van der Waals surface area contributed by atoms with Crippen LogP contribution in [0.4, 0.5) is 34.1 Å². The number of rotatable bonds is 8. The lowest BCUT2D eigenvalue weighted by molar-refractivity contribution is 0.669. The van der Waals surface area contributed by atoms with E-state index in [0.29, 0.717) is 0 Å². The molecule has 15 rings (SSSR count). The second-order valence-corrected chi connectivity index (χ2v) is 30.1. The van der Waals surface area contributed by atoms with Gasteiger partial charge in [-0.2, -0.15) is 0 Å². The molecule has 0 saturated heterocycles. The van der Waals surface area contributed by atoms with Gasteiger partial charge in [-0.3, -0.25) is 0 Å². The Hall–Kier alpha value is -8.95. The van der Waals surface area contributed by atoms with Gasteiger partial charge in [-0.05, 0) is 109 Å². The molecular formula is C70H52N2O2Si2. The Kier molecular flexibility index (Phi) is 9.83. The van der Waals surface area contributed by atoms with Crippen molar-refractivity contribution in [2.24, 2.45) is 0 Å². The molecule has 6 heteroatoms. The molecular weight excluding hydrogens is 957 g/mol. The fourth-order valence-corrected chi connectivity index (χ4v) is 21.7. The van der Waals surface area contributed by atoms with E-state index < -0.39 is 16.1 Å². The number of benzene rings is 11. The molecule has 2 aliphatic heterocycles. The Morgan fingerprint density at radius 3 is 1.25 bits per heavy atom. The lowest BCUT2D eigenvalue weighted by Crippen LogP contribution is -2.63. The Morgan fingerprint density at radius 2 is 0.711 bits per heavy atom. The molecule has 13 aromatic rings. The van der Waals surface area contributed by atoms with Crippen molar-refractivity contribution in [3.8, 4) is 44.5 Å². The van der Waals surface area contributed by atoms with Crippen LogP contribution in [0.5, 0.6) is 0 Å². The summed E-state index contributed by atoms with van der Waals surface area (Å²) < 4.78 is 14.5. The zero-order chi connectivity index (χ0) is 50.9. The first-order valence-electron chi connectivity index (χ1n) is 26.4. The van der Waals surface area contributed by atoms with Gasteiger partial charge in [0.1, 0.15) is 32.9 Å². The molecule has 0 spiro atoms. The van der Waals surface area contributed by atoms with Gasteiger partial charge < -0.3 is 18.6 Å². The minimum absolute atomic E-state index is 0.893. The van der Waals surface area contributed by atoms with Gasteiger partial charge in [0.05, 0.1) is 28.1 Å². The topological polar surface area (TPSA) is 32.8 Å². The van der Waals surface area contributed by atoms with Crippen LogP contribution in [0, 0.1) is 0 Å². The number of nitrogens with zero attached hydrogens (tertiary/aromatic N) is 2. The average molecular weight is 1010 g/mol. The van der Waals surface area contributed by atoms with Gasteiger partial charge in [0.2, 0.25) is 0 Å². The molecule has 11 aromatic carbocycles. The number of fused-ring (bicyclic) bond motifs is 15. The number of hydrogen-bond donors (Lipinski definition) is 0. The molecule has 76 heavy (non-hydrogen) atoms. The second kappa shape index (κ2) is 16.8. The Balaban J connectivity index is 0.999. The van der Waals surface area contributed by atoms with Crippen molar-refractivity contribution in [3.63, 3.8) is 0 Å². The maximum absolute atomic E-state index is 7.31. The highest BCUT2D eigenvalue weighted by atomic mass is 28.3. The van der Waals surface area contributed by atoms with Crippen molar-refractivity contribution in [2.45, 2.75) is 26.2 Å². The normalized spacial score (nSPS) is 13.7. The highest BCUT2D eigenvalue weighted by Crippen LogP contribution is 2.52. The largest absolute Gasteiger partial charge is 0.455 e. The van der Waals surface area contributed by atoms with E-state index in [9.17, 15) is 0 Å². The van der Waals surface area contributed by atoms with Crippen molar-refractivity contribution in [2.75, 3.05) is 9.80 Å². The summed E-state index contributed by atoms with van der Waals surface area (Å²) in [4.78, 5) is 4.95. The summed E-state index contributed by atoms with van der Waals surface area (Å²) in [6, 6.07) is 88.3. The van der Waals surface area contributed by atoms with Crippen LogP contribution in [-0.2, 0) is 0 Å². The van der Waals surface area contributed by atoms with Crippen LogP contribution < -0.4 is 30.5 Å². The van der Waals surface area contributed by atoms with Gasteiger partial charge in [-0.1, -0.05) is 208 Å². The SMILES string of the molecule is C[Si]1(C)c2cc(N(c3ccccc3)c3ccccc3-c3ccccc3)c3c(oc4ccccc43)c2-c2ccc3c(c21)[Si](C)(C)c1cc(N(c2ccccc2)c2ccccc2-c2ccccc2)c2oc4ccccc4c2c1-3. The molecule has 0 amide bonds. The standard InChI is InChI=1S/C70H52N2O2Si2/c1-75(2)61-44-58(72(48-31-15-8-16-32-48)56-38-22-18-34-50(56)46-27-11-6-12-28-46)67-66(52-36-20-24-40-60(52)73-67)64(61)53-41-42-54-65-62(76(3,4)70(54)69(53)75)43-57(63-51-35-19-23-39-59(51)74-68(63)65)71(47-29-13-7-14-30-47)55-37-21-17-33-49(55)45-25-9-5-10-26-45/h5-44H,1-4H3. The van der Waals surface area contributed by atoms with Crippen LogP contribution in [0.1, 0.15) is 0 Å². The van der Waals surface area contributed by atoms with Crippen LogP contribution in [0.25, 0.3) is 88.4 Å². The molecule has 0 fully saturated rings. The van der Waals surface area contributed by atoms with E-state index in [2.05, 4.69) is 279 Å². The van der Waals surface area contributed by atoms with Crippen molar-refractivity contribution >= 4 is 115 Å². The Bertz CT molecular complexity index is 4470. The van der Waals surface area contributed by atoms with Crippen LogP contribution in [0.3, 0.4) is 0 Å². The van der Waals surface area contributed by atoms with Gasteiger partial charge in [0.15, 0.2) is 5.58 Å². The van der Waals surface area contributed by atoms with E-state index in [1.54, 1.807) is 10.4 Å². The number of furan rings is 2. The maximum Gasteiger partial charge on any atom is 0.160 e. The third-order valence-electron chi connectivity index (χ3n) is 16.6. The third kappa shape index (κ3) is 6.41. The smallest absolute Gasteiger partial charge is 0.160 e. The first-order valence-corrected chi connectivity index (χ1v) is 32.4.